The molecule has 1 unspecified atom stereocenters. The summed E-state index contributed by atoms with van der Waals surface area (Å²) in [5.74, 6) is -0.467. The minimum absolute atomic E-state index is 0.261. The van der Waals surface area contributed by atoms with Crippen LogP contribution in [0.15, 0.2) is 41.5 Å². The van der Waals surface area contributed by atoms with E-state index in [0.717, 1.165) is 10.9 Å². The first-order valence-electron chi connectivity index (χ1n) is 8.00. The van der Waals surface area contributed by atoms with E-state index in [1.807, 2.05) is 18.2 Å². The molecule has 0 saturated carbocycles. The number of esters is 1. The smallest absolute Gasteiger partial charge is 0.340 e. The Bertz CT molecular complexity index is 1020. The average Bonchev–Trinajstić information content (AvgIpc) is 3.06. The topological polar surface area (TPSA) is 113 Å². The lowest BCUT2D eigenvalue weighted by atomic mass is 10.0. The summed E-state index contributed by atoms with van der Waals surface area (Å²) in [5.41, 5.74) is 8.06. The molecule has 7 nitrogen and oxygen atoms in total. The van der Waals surface area contributed by atoms with Crippen LogP contribution in [0, 0.1) is 0 Å². The number of hydrogen-bond donors (Lipinski definition) is 4. The predicted molar refractivity (Wildman–Crippen MR) is 97.5 cm³/mol. The van der Waals surface area contributed by atoms with Gasteiger partial charge in [-0.1, -0.05) is 6.07 Å². The number of aromatic amines is 2. The van der Waals surface area contributed by atoms with E-state index >= 15 is 0 Å². The zero-order valence-electron chi connectivity index (χ0n) is 14.1. The monoisotopic (exact) mass is 340 g/mol. The molecule has 130 valence electrons. The molecule has 0 saturated heterocycles. The highest BCUT2D eigenvalue weighted by molar-refractivity contribution is 6.15. The van der Waals surface area contributed by atoms with Gasteiger partial charge in [0.2, 0.25) is 0 Å². The van der Waals surface area contributed by atoms with Gasteiger partial charge in [-0.15, -0.1) is 0 Å². The summed E-state index contributed by atoms with van der Waals surface area (Å²) in [5, 5.41) is 4.19. The lowest BCUT2D eigenvalue weighted by Crippen LogP contribution is -2.11. The second kappa shape index (κ2) is 6.82. The van der Waals surface area contributed by atoms with Crippen LogP contribution in [0.25, 0.3) is 21.8 Å². The second-order valence-electron chi connectivity index (χ2n) is 5.61. The Balaban J connectivity index is 2.26. The lowest BCUT2D eigenvalue weighted by molar-refractivity contribution is 0.0529. The van der Waals surface area contributed by atoms with Gasteiger partial charge in [0.25, 0.3) is 5.56 Å². The van der Waals surface area contributed by atoms with Gasteiger partial charge in [0, 0.05) is 35.6 Å². The molecule has 0 aliphatic heterocycles. The number of carbonyl (C=O) groups excluding carboxylic acids is 1. The molecule has 0 amide bonds. The molecule has 25 heavy (non-hydrogen) atoms. The zero-order chi connectivity index (χ0) is 18.0. The fourth-order valence-corrected chi connectivity index (χ4v) is 2.83. The van der Waals surface area contributed by atoms with Crippen LogP contribution in [0.2, 0.25) is 0 Å². The number of ether oxygens (including phenoxy) is 1. The van der Waals surface area contributed by atoms with E-state index in [0.29, 0.717) is 22.0 Å². The van der Waals surface area contributed by atoms with E-state index in [4.69, 9.17) is 10.5 Å². The van der Waals surface area contributed by atoms with Crippen molar-refractivity contribution in [2.24, 2.45) is 5.73 Å². The summed E-state index contributed by atoms with van der Waals surface area (Å²) in [4.78, 5) is 30.2. The van der Waals surface area contributed by atoms with Crippen molar-refractivity contribution in [3.8, 4) is 0 Å². The number of carbonyl (C=O) groups is 1. The number of aromatic nitrogens is 2. The Kier molecular flexibility index (Phi) is 4.58. The van der Waals surface area contributed by atoms with Crippen molar-refractivity contribution in [2.45, 2.75) is 13.0 Å². The molecule has 0 aliphatic rings. The van der Waals surface area contributed by atoms with Crippen LogP contribution in [-0.2, 0) is 4.74 Å². The third-order valence-corrected chi connectivity index (χ3v) is 4.02. The van der Waals surface area contributed by atoms with Gasteiger partial charge in [0.1, 0.15) is 5.52 Å². The predicted octanol–water partition coefficient (Wildman–Crippen LogP) is 1.92. The standard InChI is InChI=1S/C18H20N4O3/c1-3-25-18(24)12-9-21-16-15(12)11-8-10(13(19)6-7-20-2)4-5-14(11)22-17(16)23/h4-9,13,20-21H,3,19H2,1-2H3,(H,22,23)/b7-6-. The second-order valence-corrected chi connectivity index (χ2v) is 5.61. The number of nitrogens with two attached hydrogens (primary N) is 1. The SMILES string of the molecule is CCOC(=O)c1c[nH]c2c(=O)[nH]c3ccc(C(N)/C=C\NC)cc3c12. The number of H-pyrrole nitrogens is 2. The fourth-order valence-electron chi connectivity index (χ4n) is 2.83. The molecule has 5 N–H and O–H groups in total. The first kappa shape index (κ1) is 16.8. The maximum atomic E-state index is 12.3. The molecule has 0 fully saturated rings. The quantitative estimate of drug-likeness (QED) is 0.530. The summed E-state index contributed by atoms with van der Waals surface area (Å²) in [6.45, 7) is 2.00. The van der Waals surface area contributed by atoms with Crippen molar-refractivity contribution in [3.63, 3.8) is 0 Å². The largest absolute Gasteiger partial charge is 0.462 e. The molecule has 0 bridgehead atoms. The number of benzene rings is 1. The van der Waals surface area contributed by atoms with Crippen molar-refractivity contribution in [3.05, 3.63) is 58.2 Å². The van der Waals surface area contributed by atoms with Crippen LogP contribution in [0.5, 0.6) is 0 Å². The van der Waals surface area contributed by atoms with Gasteiger partial charge in [0.15, 0.2) is 0 Å². The highest BCUT2D eigenvalue weighted by atomic mass is 16.5. The third-order valence-electron chi connectivity index (χ3n) is 4.02. The van der Waals surface area contributed by atoms with E-state index in [1.165, 1.54) is 6.20 Å². The summed E-state index contributed by atoms with van der Waals surface area (Å²) in [6, 6.07) is 5.21. The van der Waals surface area contributed by atoms with Gasteiger partial charge in [0.05, 0.1) is 12.2 Å². The average molecular weight is 340 g/mol. The van der Waals surface area contributed by atoms with Gasteiger partial charge in [-0.2, -0.15) is 0 Å². The Morgan fingerprint density at radius 3 is 2.96 bits per heavy atom. The van der Waals surface area contributed by atoms with E-state index in [9.17, 15) is 9.59 Å². The van der Waals surface area contributed by atoms with Crippen molar-refractivity contribution in [2.75, 3.05) is 13.7 Å². The molecular weight excluding hydrogens is 320 g/mol. The summed E-state index contributed by atoms with van der Waals surface area (Å²) < 4.78 is 5.10. The van der Waals surface area contributed by atoms with Gasteiger partial charge in [-0.05, 0) is 36.9 Å². The summed E-state index contributed by atoms with van der Waals surface area (Å²) >= 11 is 0. The molecule has 2 aromatic heterocycles. The molecule has 0 radical (unpaired) electrons. The van der Waals surface area contributed by atoms with E-state index in [1.54, 1.807) is 26.2 Å². The Morgan fingerprint density at radius 2 is 2.24 bits per heavy atom. The number of pyridine rings is 1. The van der Waals surface area contributed by atoms with Crippen LogP contribution in [-0.4, -0.2) is 29.6 Å². The van der Waals surface area contributed by atoms with Crippen molar-refractivity contribution in [1.82, 2.24) is 15.3 Å². The first-order chi connectivity index (χ1) is 12.1. The van der Waals surface area contributed by atoms with Crippen LogP contribution >= 0.6 is 0 Å². The Hall–Kier alpha value is -3.06. The molecule has 1 atom stereocenters. The van der Waals surface area contributed by atoms with E-state index < -0.39 is 5.97 Å². The van der Waals surface area contributed by atoms with Gasteiger partial charge < -0.3 is 25.8 Å². The van der Waals surface area contributed by atoms with Crippen LogP contribution < -0.4 is 16.6 Å². The maximum Gasteiger partial charge on any atom is 0.340 e. The summed E-state index contributed by atoms with van der Waals surface area (Å²) in [6.07, 6.45) is 5.09. The first-order valence-corrected chi connectivity index (χ1v) is 8.00. The van der Waals surface area contributed by atoms with Crippen LogP contribution in [0.3, 0.4) is 0 Å². The Morgan fingerprint density at radius 1 is 1.44 bits per heavy atom. The minimum Gasteiger partial charge on any atom is -0.462 e. The van der Waals surface area contributed by atoms with Gasteiger partial charge in [-0.3, -0.25) is 4.79 Å². The zero-order valence-corrected chi connectivity index (χ0v) is 14.1. The van der Waals surface area contributed by atoms with Crippen molar-refractivity contribution >= 4 is 27.8 Å². The van der Waals surface area contributed by atoms with Gasteiger partial charge >= 0.3 is 5.97 Å². The van der Waals surface area contributed by atoms with E-state index in [2.05, 4.69) is 15.3 Å². The fraction of sp³-hybridized carbons (Fsp3) is 0.222. The van der Waals surface area contributed by atoms with Crippen molar-refractivity contribution in [1.29, 1.82) is 0 Å². The molecule has 0 aliphatic carbocycles. The highest BCUT2D eigenvalue weighted by Gasteiger charge is 2.18. The maximum absolute atomic E-state index is 12.3. The number of hydrogen-bond acceptors (Lipinski definition) is 5. The molecule has 2 heterocycles. The molecule has 0 spiro atoms. The van der Waals surface area contributed by atoms with Gasteiger partial charge in [-0.25, -0.2) is 4.79 Å². The normalized spacial score (nSPS) is 12.8. The highest BCUT2D eigenvalue weighted by Crippen LogP contribution is 2.27. The number of fused-ring (bicyclic) bond motifs is 3. The van der Waals surface area contributed by atoms with Crippen LogP contribution in [0.1, 0.15) is 28.9 Å². The van der Waals surface area contributed by atoms with Crippen molar-refractivity contribution < 1.29 is 9.53 Å². The third kappa shape index (κ3) is 3.01. The molecule has 3 aromatic rings. The van der Waals surface area contributed by atoms with Crippen LogP contribution in [0.4, 0.5) is 0 Å². The number of nitrogens with one attached hydrogen (secondary N) is 3. The molecule has 7 heteroatoms. The Labute approximate surface area is 143 Å². The van der Waals surface area contributed by atoms with E-state index in [-0.39, 0.29) is 18.2 Å². The summed E-state index contributed by atoms with van der Waals surface area (Å²) in [7, 11) is 1.79. The molecule has 3 rings (SSSR count). The molecular formula is C18H20N4O3. The lowest BCUT2D eigenvalue weighted by Gasteiger charge is -2.10. The minimum atomic E-state index is -0.467. The number of rotatable bonds is 5. The molecule has 1 aromatic carbocycles.